The molecule has 15 heavy (non-hydrogen) atoms. The summed E-state index contributed by atoms with van der Waals surface area (Å²) in [4.78, 5) is 15.0. The molecule has 1 rings (SSSR count). The Balaban J connectivity index is 2.75. The summed E-state index contributed by atoms with van der Waals surface area (Å²) in [6, 6.07) is -0.167. The lowest BCUT2D eigenvalue weighted by Crippen LogP contribution is -2.57. The second-order valence-electron chi connectivity index (χ2n) is 3.05. The highest BCUT2D eigenvalue weighted by Crippen LogP contribution is 2.09. The Morgan fingerprint density at radius 3 is 1.87 bits per heavy atom. The van der Waals surface area contributed by atoms with E-state index in [1.54, 1.807) is 14.1 Å². The van der Waals surface area contributed by atoms with Crippen LogP contribution < -0.4 is 10.6 Å². The van der Waals surface area contributed by atoms with Crippen molar-refractivity contribution in [1.29, 1.82) is 0 Å². The van der Waals surface area contributed by atoms with Crippen molar-refractivity contribution in [2.24, 2.45) is 0 Å². The molecule has 1 saturated heterocycles. The molecule has 0 aromatic rings. The van der Waals surface area contributed by atoms with Crippen LogP contribution in [0, 0.1) is 0 Å². The number of rotatable bonds is 0. The summed E-state index contributed by atoms with van der Waals surface area (Å²) in [6.07, 6.45) is 0.857. The minimum absolute atomic E-state index is 0.167. The number of hydrogen-bond donors (Lipinski definition) is 2. The SMILES string of the molecule is CNC(=S)N1CCCN(C(=S)NC)C1=O. The molecule has 2 N–H and O–H groups in total. The Hall–Kier alpha value is -0.950. The topological polar surface area (TPSA) is 47.6 Å². The van der Waals surface area contributed by atoms with Crippen LogP contribution in [0.4, 0.5) is 4.79 Å². The fourth-order valence-electron chi connectivity index (χ4n) is 1.37. The maximum Gasteiger partial charge on any atom is 0.332 e. The van der Waals surface area contributed by atoms with Gasteiger partial charge in [0.15, 0.2) is 10.2 Å². The number of carbonyl (C=O) groups is 1. The van der Waals surface area contributed by atoms with Crippen molar-refractivity contribution < 1.29 is 4.79 Å². The second kappa shape index (κ2) is 5.22. The summed E-state index contributed by atoms with van der Waals surface area (Å²) < 4.78 is 0. The van der Waals surface area contributed by atoms with E-state index in [0.29, 0.717) is 23.3 Å². The molecule has 0 bridgehead atoms. The highest BCUT2D eigenvalue weighted by molar-refractivity contribution is 7.80. The van der Waals surface area contributed by atoms with Crippen molar-refractivity contribution in [2.45, 2.75) is 6.42 Å². The molecular formula is C8H14N4OS2. The van der Waals surface area contributed by atoms with Crippen LogP contribution in [-0.4, -0.2) is 53.2 Å². The van der Waals surface area contributed by atoms with Gasteiger partial charge in [-0.05, 0) is 30.9 Å². The molecule has 1 aliphatic rings. The third kappa shape index (κ3) is 2.54. The number of thiocarbonyl (C=S) groups is 2. The molecule has 0 unspecified atom stereocenters. The fourth-order valence-corrected chi connectivity index (χ4v) is 1.71. The van der Waals surface area contributed by atoms with Gasteiger partial charge in [0.1, 0.15) is 0 Å². The van der Waals surface area contributed by atoms with E-state index in [2.05, 4.69) is 10.6 Å². The zero-order chi connectivity index (χ0) is 11.4. The average Bonchev–Trinajstić information content (AvgIpc) is 2.27. The summed E-state index contributed by atoms with van der Waals surface area (Å²) in [6.45, 7) is 1.28. The molecule has 1 aliphatic heterocycles. The molecule has 2 amide bonds. The number of carbonyl (C=O) groups excluding carboxylic acids is 1. The van der Waals surface area contributed by atoms with Gasteiger partial charge in [-0.25, -0.2) is 4.79 Å². The first-order valence-corrected chi connectivity index (χ1v) is 5.46. The van der Waals surface area contributed by atoms with E-state index in [0.717, 1.165) is 6.42 Å². The molecule has 5 nitrogen and oxygen atoms in total. The van der Waals surface area contributed by atoms with E-state index in [9.17, 15) is 4.79 Å². The van der Waals surface area contributed by atoms with Crippen molar-refractivity contribution in [3.63, 3.8) is 0 Å². The molecule has 0 aromatic heterocycles. The highest BCUT2D eigenvalue weighted by Gasteiger charge is 2.29. The molecule has 0 aromatic carbocycles. The van der Waals surface area contributed by atoms with E-state index in [-0.39, 0.29) is 6.03 Å². The van der Waals surface area contributed by atoms with Gasteiger partial charge in [-0.2, -0.15) is 0 Å². The van der Waals surface area contributed by atoms with Crippen LogP contribution in [0.25, 0.3) is 0 Å². The van der Waals surface area contributed by atoms with Gasteiger partial charge in [-0.1, -0.05) is 0 Å². The lowest BCUT2D eigenvalue weighted by atomic mass is 10.3. The Morgan fingerprint density at radius 1 is 1.13 bits per heavy atom. The number of hydrogen-bond acceptors (Lipinski definition) is 3. The van der Waals surface area contributed by atoms with Crippen LogP contribution in [0.2, 0.25) is 0 Å². The van der Waals surface area contributed by atoms with E-state index in [4.69, 9.17) is 24.4 Å². The fraction of sp³-hybridized carbons (Fsp3) is 0.625. The van der Waals surface area contributed by atoms with Gasteiger partial charge < -0.3 is 10.6 Å². The second-order valence-corrected chi connectivity index (χ2v) is 3.82. The summed E-state index contributed by atoms with van der Waals surface area (Å²) in [5, 5.41) is 6.45. The smallest absolute Gasteiger partial charge is 0.332 e. The molecule has 0 saturated carbocycles. The zero-order valence-corrected chi connectivity index (χ0v) is 10.4. The number of amides is 2. The first-order chi connectivity index (χ1) is 7.11. The number of nitrogens with zero attached hydrogens (tertiary/aromatic N) is 2. The zero-order valence-electron chi connectivity index (χ0n) is 8.74. The minimum Gasteiger partial charge on any atom is -0.365 e. The van der Waals surface area contributed by atoms with Gasteiger partial charge >= 0.3 is 6.03 Å². The van der Waals surface area contributed by atoms with Crippen LogP contribution in [0.1, 0.15) is 6.42 Å². The molecule has 0 aliphatic carbocycles. The quantitative estimate of drug-likeness (QED) is 0.595. The van der Waals surface area contributed by atoms with Crippen molar-refractivity contribution in [1.82, 2.24) is 20.4 Å². The molecule has 0 radical (unpaired) electrons. The van der Waals surface area contributed by atoms with Gasteiger partial charge in [-0.15, -0.1) is 0 Å². The number of nitrogens with one attached hydrogen (secondary N) is 2. The first kappa shape index (κ1) is 12.1. The Kier molecular flexibility index (Phi) is 4.22. The monoisotopic (exact) mass is 246 g/mol. The van der Waals surface area contributed by atoms with Gasteiger partial charge in [-0.3, -0.25) is 9.80 Å². The maximum absolute atomic E-state index is 11.9. The third-order valence-corrected chi connectivity index (χ3v) is 2.99. The lowest BCUT2D eigenvalue weighted by Gasteiger charge is -2.35. The van der Waals surface area contributed by atoms with Crippen molar-refractivity contribution in [2.75, 3.05) is 27.2 Å². The van der Waals surface area contributed by atoms with Gasteiger partial charge in [0.05, 0.1) is 0 Å². The van der Waals surface area contributed by atoms with Crippen LogP contribution in [-0.2, 0) is 0 Å². The van der Waals surface area contributed by atoms with Gasteiger partial charge in [0.2, 0.25) is 0 Å². The van der Waals surface area contributed by atoms with Crippen LogP contribution >= 0.6 is 24.4 Å². The van der Waals surface area contributed by atoms with Gasteiger partial charge in [0.25, 0.3) is 0 Å². The summed E-state index contributed by atoms with van der Waals surface area (Å²) in [5.74, 6) is 0. The van der Waals surface area contributed by atoms with E-state index in [1.165, 1.54) is 9.80 Å². The largest absolute Gasteiger partial charge is 0.365 e. The first-order valence-electron chi connectivity index (χ1n) is 4.64. The van der Waals surface area contributed by atoms with Crippen molar-refractivity contribution in [3.05, 3.63) is 0 Å². The Labute approximate surface area is 99.8 Å². The molecule has 0 spiro atoms. The van der Waals surface area contributed by atoms with Crippen molar-refractivity contribution in [3.8, 4) is 0 Å². The Morgan fingerprint density at radius 2 is 1.53 bits per heavy atom. The summed E-state index contributed by atoms with van der Waals surface area (Å²) in [5.41, 5.74) is 0. The number of urea groups is 1. The molecule has 0 atom stereocenters. The predicted octanol–water partition coefficient (Wildman–Crippen LogP) is 0.123. The molecule has 84 valence electrons. The Bertz CT molecular complexity index is 268. The van der Waals surface area contributed by atoms with Crippen LogP contribution in [0.3, 0.4) is 0 Å². The molecular weight excluding hydrogens is 232 g/mol. The molecule has 1 fully saturated rings. The van der Waals surface area contributed by atoms with Crippen LogP contribution in [0.5, 0.6) is 0 Å². The van der Waals surface area contributed by atoms with Crippen LogP contribution in [0.15, 0.2) is 0 Å². The highest BCUT2D eigenvalue weighted by atomic mass is 32.1. The summed E-state index contributed by atoms with van der Waals surface area (Å²) in [7, 11) is 3.40. The molecule has 1 heterocycles. The summed E-state index contributed by atoms with van der Waals surface area (Å²) >= 11 is 10.1. The normalized spacial score (nSPS) is 16.3. The average molecular weight is 246 g/mol. The maximum atomic E-state index is 11.9. The minimum atomic E-state index is -0.167. The standard InChI is InChI=1S/C8H14N4OS2/c1-9-6(14)11-4-3-5-12(8(11)13)7(15)10-2/h3-5H2,1-2H3,(H,9,14)(H,10,15). The van der Waals surface area contributed by atoms with Crippen molar-refractivity contribution >= 4 is 40.7 Å². The third-order valence-electron chi connectivity index (χ3n) is 2.14. The van der Waals surface area contributed by atoms with E-state index in [1.807, 2.05) is 0 Å². The predicted molar refractivity (Wildman–Crippen MR) is 66.7 cm³/mol. The van der Waals surface area contributed by atoms with E-state index >= 15 is 0 Å². The van der Waals surface area contributed by atoms with E-state index < -0.39 is 0 Å². The molecule has 7 heteroatoms. The van der Waals surface area contributed by atoms with Gasteiger partial charge in [0, 0.05) is 27.2 Å². The lowest BCUT2D eigenvalue weighted by molar-refractivity contribution is 0.183.